The Bertz CT molecular complexity index is 272. The maximum atomic E-state index is 11.2. The van der Waals surface area contributed by atoms with E-state index in [2.05, 4.69) is 0 Å². The highest BCUT2D eigenvalue weighted by Gasteiger charge is 2.12. The van der Waals surface area contributed by atoms with Gasteiger partial charge < -0.3 is 5.73 Å². The first kappa shape index (κ1) is 13.6. The summed E-state index contributed by atoms with van der Waals surface area (Å²) in [6, 6.07) is -0.133. The molecule has 0 bridgehead atoms. The molecule has 0 aliphatic heterocycles. The fourth-order valence-corrected chi connectivity index (χ4v) is 1.78. The summed E-state index contributed by atoms with van der Waals surface area (Å²) >= 11 is 0. The maximum Gasteiger partial charge on any atom is 0.150 e. The summed E-state index contributed by atoms with van der Waals surface area (Å²) in [6.07, 6.45) is 1.13. The Hall–Kier alpha value is -0.420. The second-order valence-electron chi connectivity index (χ2n) is 3.40. The summed E-state index contributed by atoms with van der Waals surface area (Å²) in [6.45, 7) is 3.48. The average Bonchev–Trinajstić information content (AvgIpc) is 2.15. The van der Waals surface area contributed by atoms with Gasteiger partial charge in [0.05, 0.1) is 5.75 Å². The van der Waals surface area contributed by atoms with Crippen LogP contribution in [0.25, 0.3) is 0 Å². The molecular weight excluding hydrogens is 202 g/mol. The molecule has 0 radical (unpaired) electrons. The van der Waals surface area contributed by atoms with Crippen molar-refractivity contribution in [2.75, 3.05) is 11.5 Å². The Morgan fingerprint density at radius 2 is 1.93 bits per heavy atom. The largest absolute Gasteiger partial charge is 0.327 e. The van der Waals surface area contributed by atoms with Gasteiger partial charge >= 0.3 is 0 Å². The van der Waals surface area contributed by atoms with E-state index < -0.39 is 9.84 Å². The normalized spacial score (nSPS) is 13.9. The number of sulfone groups is 1. The molecule has 0 heterocycles. The van der Waals surface area contributed by atoms with Gasteiger partial charge in [-0.2, -0.15) is 0 Å². The van der Waals surface area contributed by atoms with Gasteiger partial charge in [-0.3, -0.25) is 4.79 Å². The predicted molar refractivity (Wildman–Crippen MR) is 56.8 cm³/mol. The number of rotatable bonds is 7. The zero-order chi connectivity index (χ0) is 11.2. The molecule has 0 amide bonds. The number of nitrogens with two attached hydrogens (primary N) is 1. The number of ketones is 1. The minimum Gasteiger partial charge on any atom is -0.327 e. The van der Waals surface area contributed by atoms with E-state index >= 15 is 0 Å². The molecular formula is C9H19NO3S. The lowest BCUT2D eigenvalue weighted by molar-refractivity contribution is -0.119. The van der Waals surface area contributed by atoms with Crippen LogP contribution in [0.3, 0.4) is 0 Å². The minimum atomic E-state index is -3.02. The summed E-state index contributed by atoms with van der Waals surface area (Å²) < 4.78 is 22.2. The number of hydrogen-bond donors (Lipinski definition) is 1. The van der Waals surface area contributed by atoms with Crippen LogP contribution in [0, 0.1) is 0 Å². The van der Waals surface area contributed by atoms with E-state index in [9.17, 15) is 13.2 Å². The number of Topliss-reactive ketones (excluding diaryl/α,β-unsaturated/α-hetero) is 1. The quantitative estimate of drug-likeness (QED) is 0.679. The summed E-state index contributed by atoms with van der Waals surface area (Å²) in [7, 11) is -3.02. The first-order valence-corrected chi connectivity index (χ1v) is 6.71. The van der Waals surface area contributed by atoms with Crippen molar-refractivity contribution in [1.29, 1.82) is 0 Å². The second kappa shape index (κ2) is 6.14. The van der Waals surface area contributed by atoms with Gasteiger partial charge in [0.15, 0.2) is 0 Å². The third-order valence-corrected chi connectivity index (χ3v) is 3.85. The summed E-state index contributed by atoms with van der Waals surface area (Å²) in [5, 5.41) is 0. The van der Waals surface area contributed by atoms with Crippen LogP contribution in [0.1, 0.15) is 33.1 Å². The Morgan fingerprint density at radius 3 is 2.36 bits per heavy atom. The number of hydrogen-bond acceptors (Lipinski definition) is 4. The summed E-state index contributed by atoms with van der Waals surface area (Å²) in [5.74, 6) is -0.00447. The molecule has 0 spiro atoms. The molecule has 0 aromatic rings. The maximum absolute atomic E-state index is 11.2. The van der Waals surface area contributed by atoms with Crippen LogP contribution in [0.15, 0.2) is 0 Å². The molecule has 0 aromatic carbocycles. The van der Waals surface area contributed by atoms with Gasteiger partial charge in [-0.25, -0.2) is 8.42 Å². The van der Waals surface area contributed by atoms with Gasteiger partial charge in [0, 0.05) is 24.6 Å². The molecule has 1 atom stereocenters. The molecule has 0 saturated heterocycles. The zero-order valence-electron chi connectivity index (χ0n) is 8.82. The lowest BCUT2D eigenvalue weighted by Gasteiger charge is -2.06. The zero-order valence-corrected chi connectivity index (χ0v) is 9.64. The molecule has 0 aromatic heterocycles. The van der Waals surface area contributed by atoms with Gasteiger partial charge in [0.1, 0.15) is 15.6 Å². The van der Waals surface area contributed by atoms with Crippen LogP contribution in [-0.2, 0) is 14.6 Å². The number of carbonyl (C=O) groups excluding carboxylic acids is 1. The van der Waals surface area contributed by atoms with Gasteiger partial charge in [0.25, 0.3) is 0 Å². The van der Waals surface area contributed by atoms with Crippen LogP contribution in [0.4, 0.5) is 0 Å². The Labute approximate surface area is 85.8 Å². The van der Waals surface area contributed by atoms with E-state index in [1.54, 1.807) is 6.92 Å². The first-order valence-electron chi connectivity index (χ1n) is 4.89. The standard InChI is InChI=1S/C9H19NO3S/c1-3-8(10)7-9(11)5-6-14(12,13)4-2/h8H,3-7,10H2,1-2H3. The Kier molecular flexibility index (Phi) is 5.95. The topological polar surface area (TPSA) is 77.2 Å². The highest BCUT2D eigenvalue weighted by atomic mass is 32.2. The third-order valence-electron chi connectivity index (χ3n) is 2.15. The van der Waals surface area contributed by atoms with Crippen LogP contribution in [0.2, 0.25) is 0 Å². The Balaban J connectivity index is 3.86. The van der Waals surface area contributed by atoms with Crippen LogP contribution < -0.4 is 5.73 Å². The van der Waals surface area contributed by atoms with Crippen molar-refractivity contribution < 1.29 is 13.2 Å². The molecule has 14 heavy (non-hydrogen) atoms. The monoisotopic (exact) mass is 221 g/mol. The first-order chi connectivity index (χ1) is 6.41. The van der Waals surface area contributed by atoms with Crippen molar-refractivity contribution in [1.82, 2.24) is 0 Å². The summed E-state index contributed by atoms with van der Waals surface area (Å²) in [5.41, 5.74) is 5.58. The van der Waals surface area contributed by atoms with Crippen LogP contribution in [0.5, 0.6) is 0 Å². The second-order valence-corrected chi connectivity index (χ2v) is 5.87. The average molecular weight is 221 g/mol. The molecule has 5 heteroatoms. The van der Waals surface area contributed by atoms with Gasteiger partial charge in [0.2, 0.25) is 0 Å². The van der Waals surface area contributed by atoms with E-state index in [0.717, 1.165) is 6.42 Å². The van der Waals surface area contributed by atoms with Crippen molar-refractivity contribution in [3.8, 4) is 0 Å². The molecule has 1 unspecified atom stereocenters. The highest BCUT2D eigenvalue weighted by Crippen LogP contribution is 2.01. The van der Waals surface area contributed by atoms with Crippen molar-refractivity contribution in [3.63, 3.8) is 0 Å². The van der Waals surface area contributed by atoms with Gasteiger partial charge in [-0.05, 0) is 6.42 Å². The molecule has 2 N–H and O–H groups in total. The third kappa shape index (κ3) is 6.10. The molecule has 4 nitrogen and oxygen atoms in total. The highest BCUT2D eigenvalue weighted by molar-refractivity contribution is 7.91. The fraction of sp³-hybridized carbons (Fsp3) is 0.889. The molecule has 0 aliphatic rings. The van der Waals surface area contributed by atoms with Crippen molar-refractivity contribution in [2.45, 2.75) is 39.2 Å². The van der Waals surface area contributed by atoms with E-state index in [-0.39, 0.29) is 36.2 Å². The predicted octanol–water partition coefficient (Wildman–Crippen LogP) is 0.508. The molecule has 0 fully saturated rings. The van der Waals surface area contributed by atoms with E-state index in [1.807, 2.05) is 6.92 Å². The lowest BCUT2D eigenvalue weighted by Crippen LogP contribution is -2.24. The molecule has 84 valence electrons. The van der Waals surface area contributed by atoms with Crippen molar-refractivity contribution >= 4 is 15.6 Å². The fourth-order valence-electron chi connectivity index (χ4n) is 0.953. The van der Waals surface area contributed by atoms with Gasteiger partial charge in [-0.1, -0.05) is 13.8 Å². The molecule has 0 saturated carbocycles. The number of carbonyl (C=O) groups is 1. The lowest BCUT2D eigenvalue weighted by atomic mass is 10.1. The van der Waals surface area contributed by atoms with Gasteiger partial charge in [-0.15, -0.1) is 0 Å². The summed E-state index contributed by atoms with van der Waals surface area (Å²) in [4.78, 5) is 11.2. The Morgan fingerprint density at radius 1 is 1.36 bits per heavy atom. The van der Waals surface area contributed by atoms with Crippen LogP contribution in [-0.4, -0.2) is 31.7 Å². The van der Waals surface area contributed by atoms with Crippen LogP contribution >= 0.6 is 0 Å². The van der Waals surface area contributed by atoms with E-state index in [1.165, 1.54) is 0 Å². The molecule has 0 rings (SSSR count). The minimum absolute atomic E-state index is 0.0429. The van der Waals surface area contributed by atoms with E-state index in [0.29, 0.717) is 0 Å². The molecule has 0 aliphatic carbocycles. The van der Waals surface area contributed by atoms with Crippen molar-refractivity contribution in [3.05, 3.63) is 0 Å². The SMILES string of the molecule is CCC(N)CC(=O)CCS(=O)(=O)CC. The van der Waals surface area contributed by atoms with E-state index in [4.69, 9.17) is 5.73 Å². The van der Waals surface area contributed by atoms with Crippen molar-refractivity contribution in [2.24, 2.45) is 5.73 Å². The smallest absolute Gasteiger partial charge is 0.150 e.